The van der Waals surface area contributed by atoms with Crippen LogP contribution in [0.15, 0.2) is 49.9 Å². The van der Waals surface area contributed by atoms with Crippen molar-refractivity contribution >= 4 is 73.1 Å². The van der Waals surface area contributed by atoms with Crippen molar-refractivity contribution in [3.63, 3.8) is 0 Å². The van der Waals surface area contributed by atoms with Crippen molar-refractivity contribution in [3.05, 3.63) is 41.5 Å². The Balaban J connectivity index is 2.50. The summed E-state index contributed by atoms with van der Waals surface area (Å²) in [5.74, 6) is 0. The molecule has 0 amide bonds. The molecule has 0 bridgehead atoms. The Labute approximate surface area is 187 Å². The Kier molecular flexibility index (Phi) is 6.30. The van der Waals surface area contributed by atoms with Crippen molar-refractivity contribution < 1.29 is 32.0 Å². The van der Waals surface area contributed by atoms with Crippen molar-refractivity contribution in [1.29, 1.82) is 0 Å². The molecule has 2 aromatic carbocycles. The topological polar surface area (TPSA) is 143 Å². The molecule has 1 aliphatic heterocycles. The van der Waals surface area contributed by atoms with Crippen LogP contribution in [0.1, 0.15) is 15.0 Å². The summed E-state index contributed by atoms with van der Waals surface area (Å²) in [6.07, 6.45) is 0. The molecule has 1 heterocycles. The molecule has 0 spiro atoms. The van der Waals surface area contributed by atoms with Gasteiger partial charge in [0.05, 0.1) is 0 Å². The number of fused-ring (bicyclic) bond motifs is 2. The molecule has 164 valence electrons. The van der Waals surface area contributed by atoms with Crippen LogP contribution in [0.5, 0.6) is 0 Å². The van der Waals surface area contributed by atoms with Gasteiger partial charge in [-0.2, -0.15) is 0 Å². The van der Waals surface area contributed by atoms with Crippen LogP contribution < -0.4 is 3.51 Å². The molecule has 1 aliphatic rings. The average molecular weight is 692 g/mol. The van der Waals surface area contributed by atoms with Crippen LogP contribution in [-0.4, -0.2) is 63.5 Å². The normalized spacial score (nSPS) is 17.3. The van der Waals surface area contributed by atoms with E-state index in [1.165, 1.54) is 30.3 Å². The molecule has 2 aromatic rings. The third-order valence-corrected chi connectivity index (χ3v) is 17.3. The van der Waals surface area contributed by atoms with E-state index in [2.05, 4.69) is 0 Å². The van der Waals surface area contributed by atoms with Crippen molar-refractivity contribution in [2.24, 2.45) is 0 Å². The summed E-state index contributed by atoms with van der Waals surface area (Å²) >= 11 is -7.19. The van der Waals surface area contributed by atoms with Crippen LogP contribution in [0.3, 0.4) is 0 Å². The third-order valence-electron chi connectivity index (χ3n) is 4.68. The van der Waals surface area contributed by atoms with E-state index in [4.69, 9.17) is 0 Å². The molecular formula is C17H20O8S3Sb2. The Morgan fingerprint density at radius 3 is 1.97 bits per heavy atom. The van der Waals surface area contributed by atoms with Gasteiger partial charge in [-0.25, -0.2) is 0 Å². The average Bonchev–Trinajstić information content (AvgIpc) is 2.54. The minimum atomic E-state index is -4.66. The zero-order chi connectivity index (χ0) is 22.9. The zero-order valence-corrected chi connectivity index (χ0v) is 24.0. The molecule has 3 rings (SSSR count). The van der Waals surface area contributed by atoms with Crippen LogP contribution >= 0.6 is 11.8 Å². The first-order chi connectivity index (χ1) is 13.4. The maximum atomic E-state index is 13.4. The van der Waals surface area contributed by atoms with Gasteiger partial charge in [0.15, 0.2) is 0 Å². The van der Waals surface area contributed by atoms with Crippen molar-refractivity contribution in [2.75, 3.05) is 0 Å². The van der Waals surface area contributed by atoms with Crippen LogP contribution in [0.4, 0.5) is 0 Å². The van der Waals surface area contributed by atoms with E-state index in [0.717, 1.165) is 11.8 Å². The molecule has 0 saturated heterocycles. The van der Waals surface area contributed by atoms with Crippen molar-refractivity contribution in [3.8, 4) is 0 Å². The summed E-state index contributed by atoms with van der Waals surface area (Å²) in [6.45, 7) is 0. The first kappa shape index (κ1) is 24.5. The molecule has 30 heavy (non-hydrogen) atoms. The predicted molar refractivity (Wildman–Crippen MR) is 114 cm³/mol. The fraction of sp³-hybridized carbons (Fsp3) is 0.294. The van der Waals surface area contributed by atoms with Crippen LogP contribution in [0.2, 0.25) is 19.5 Å². The summed E-state index contributed by atoms with van der Waals surface area (Å²) in [5.41, 5.74) is 0.896. The Bertz CT molecular complexity index is 1370. The second-order valence-corrected chi connectivity index (χ2v) is 30.4. The molecule has 0 saturated carbocycles. The minimum absolute atomic E-state index is 0.0934. The van der Waals surface area contributed by atoms with Gasteiger partial charge >= 0.3 is 189 Å². The molecule has 0 aromatic heterocycles. The van der Waals surface area contributed by atoms with E-state index in [1.54, 1.807) is 19.5 Å². The fourth-order valence-corrected chi connectivity index (χ4v) is 16.7. The number of hydrogen-bond donors (Lipinski definition) is 2. The van der Waals surface area contributed by atoms with Gasteiger partial charge in [0, 0.05) is 0 Å². The first-order valence-corrected chi connectivity index (χ1v) is 27.2. The summed E-state index contributed by atoms with van der Waals surface area (Å²) in [7, 11) is -9.18. The molecule has 1 atom stereocenters. The van der Waals surface area contributed by atoms with E-state index in [0.29, 0.717) is 19.5 Å². The van der Waals surface area contributed by atoms with Gasteiger partial charge in [-0.15, -0.1) is 0 Å². The molecule has 8 nitrogen and oxygen atoms in total. The molecule has 0 aliphatic carbocycles. The second kappa shape index (κ2) is 7.71. The van der Waals surface area contributed by atoms with E-state index in [-0.39, 0.29) is 9.79 Å². The Morgan fingerprint density at radius 2 is 1.50 bits per heavy atom. The standard InChI is InChI=1S/C13H8O6S3.4CH3.2O.2Sb/c14-21(15,16)10-5-4-8-6-9-2-1-3-12(22(17,18)19)13(9)20-11(8)7-10;;;;;;;;/h1,3-7H,(H,14,15,16)(H,17,18,19);4*1H3;;;;. The van der Waals surface area contributed by atoms with E-state index < -0.39 is 66.6 Å². The van der Waals surface area contributed by atoms with Gasteiger partial charge < -0.3 is 0 Å². The monoisotopic (exact) mass is 690 g/mol. The molecule has 1 unspecified atom stereocenters. The van der Waals surface area contributed by atoms with E-state index >= 15 is 0 Å². The number of rotatable bonds is 4. The summed E-state index contributed by atoms with van der Waals surface area (Å²) < 4.78 is 92.6. The number of benzene rings is 2. The van der Waals surface area contributed by atoms with Gasteiger partial charge in [0.2, 0.25) is 0 Å². The quantitative estimate of drug-likeness (QED) is 0.366. The molecule has 2 N–H and O–H groups in total. The van der Waals surface area contributed by atoms with Crippen LogP contribution in [-0.2, 0) is 26.3 Å². The van der Waals surface area contributed by atoms with Crippen LogP contribution in [0, 0.1) is 0 Å². The maximum absolute atomic E-state index is 13.4. The summed E-state index contributed by atoms with van der Waals surface area (Å²) in [5, 5.41) is 0. The SMILES string of the molecule is [CH3][Sb]([CH3])(=[O])[c]1ccc(S(=O)(=O)O)c2c1[CH]([Sb]([CH3])([CH3])=[O])c1ccc(S(=O)(=O)O)cc1S2. The Hall–Kier alpha value is -0.154. The van der Waals surface area contributed by atoms with Gasteiger partial charge in [-0.05, 0) is 0 Å². The second-order valence-electron chi connectivity index (χ2n) is 7.77. The molecule has 13 heteroatoms. The van der Waals surface area contributed by atoms with Gasteiger partial charge in [-0.1, -0.05) is 0 Å². The summed E-state index contributed by atoms with van der Waals surface area (Å²) in [4.78, 5) is 6.00. The van der Waals surface area contributed by atoms with Crippen LogP contribution in [0.25, 0.3) is 0 Å². The van der Waals surface area contributed by atoms with Crippen molar-refractivity contribution in [2.45, 2.75) is 42.9 Å². The third kappa shape index (κ3) is 4.63. The van der Waals surface area contributed by atoms with Gasteiger partial charge in [0.1, 0.15) is 0 Å². The molecular weight excluding hydrogens is 672 g/mol. The van der Waals surface area contributed by atoms with E-state index in [9.17, 15) is 32.0 Å². The Morgan fingerprint density at radius 1 is 0.900 bits per heavy atom. The summed E-state index contributed by atoms with van der Waals surface area (Å²) in [6, 6.07) is 6.42. The van der Waals surface area contributed by atoms with Gasteiger partial charge in [-0.3, -0.25) is 0 Å². The fourth-order valence-electron chi connectivity index (χ4n) is 3.51. The molecule has 0 fully saturated rings. The number of hydrogen-bond acceptors (Lipinski definition) is 7. The molecule has 0 radical (unpaired) electrons. The van der Waals surface area contributed by atoms with Crippen molar-refractivity contribution in [1.82, 2.24) is 0 Å². The van der Waals surface area contributed by atoms with E-state index in [1.807, 2.05) is 0 Å². The first-order valence-electron chi connectivity index (χ1n) is 8.46. The van der Waals surface area contributed by atoms with Gasteiger partial charge in [0.25, 0.3) is 0 Å². The predicted octanol–water partition coefficient (Wildman–Crippen LogP) is 2.79. The zero-order valence-electron chi connectivity index (χ0n) is 16.4.